The van der Waals surface area contributed by atoms with Crippen molar-refractivity contribution in [3.8, 4) is 0 Å². The molecular weight excluding hydrogens is 420 g/mol. The van der Waals surface area contributed by atoms with Gasteiger partial charge in [-0.25, -0.2) is 4.79 Å². The van der Waals surface area contributed by atoms with Gasteiger partial charge in [0.2, 0.25) is 0 Å². The van der Waals surface area contributed by atoms with Gasteiger partial charge >= 0.3 is 6.16 Å². The monoisotopic (exact) mass is 476 g/mol. The Bertz CT molecular complexity index is 549. The van der Waals surface area contributed by atoms with Crippen molar-refractivity contribution in [1.29, 1.82) is 0 Å². The summed E-state index contributed by atoms with van der Waals surface area (Å²) in [7, 11) is 1.46. The molecule has 0 aliphatic heterocycles. The Morgan fingerprint density at radius 3 is 1.74 bits per heavy atom. The van der Waals surface area contributed by atoms with Crippen molar-refractivity contribution in [3.05, 3.63) is 0 Å². The number of carbonyl (C=O) groups excluding carboxylic acids is 1. The number of ether oxygens (including phenoxy) is 2. The van der Waals surface area contributed by atoms with Crippen molar-refractivity contribution < 1.29 is 14.3 Å². The molecule has 0 amide bonds. The van der Waals surface area contributed by atoms with Gasteiger partial charge < -0.3 is 9.47 Å². The molecule has 0 heterocycles. The van der Waals surface area contributed by atoms with Gasteiger partial charge in [-0.15, -0.1) is 0 Å². The molecule has 0 saturated heterocycles. The molecule has 0 unspecified atom stereocenters. The second-order valence-electron chi connectivity index (χ2n) is 12.4. The SMILES string of the molecule is CCCCCC1CCC(C2CCC(CC[C@H]3CC[C@H](CCCC)CC3)(OC(=O)OC)CC2)CC1. The molecule has 0 aromatic rings. The first-order valence-electron chi connectivity index (χ1n) is 15.3. The number of rotatable bonds is 12. The Hall–Kier alpha value is -0.730. The van der Waals surface area contributed by atoms with E-state index in [9.17, 15) is 4.79 Å². The number of carbonyl (C=O) groups is 1. The highest BCUT2D eigenvalue weighted by Crippen LogP contribution is 2.47. The fraction of sp³-hybridized carbons (Fsp3) is 0.968. The van der Waals surface area contributed by atoms with Crippen LogP contribution in [0.1, 0.15) is 149 Å². The first kappa shape index (κ1) is 27.9. The summed E-state index contributed by atoms with van der Waals surface area (Å²) >= 11 is 0. The molecule has 0 aromatic heterocycles. The van der Waals surface area contributed by atoms with Gasteiger partial charge in [-0.3, -0.25) is 0 Å². The lowest BCUT2D eigenvalue weighted by Crippen LogP contribution is -2.41. The van der Waals surface area contributed by atoms with E-state index >= 15 is 0 Å². The zero-order valence-corrected chi connectivity index (χ0v) is 23.0. The molecule has 0 atom stereocenters. The summed E-state index contributed by atoms with van der Waals surface area (Å²) in [6, 6.07) is 0. The molecular formula is C31H56O3. The quantitative estimate of drug-likeness (QED) is 0.208. The van der Waals surface area contributed by atoms with Gasteiger partial charge in [0, 0.05) is 0 Å². The normalized spacial score (nSPS) is 34.5. The average Bonchev–Trinajstić information content (AvgIpc) is 2.88. The average molecular weight is 477 g/mol. The molecule has 198 valence electrons. The van der Waals surface area contributed by atoms with Gasteiger partial charge in [-0.05, 0) is 81.0 Å². The van der Waals surface area contributed by atoms with E-state index in [4.69, 9.17) is 9.47 Å². The Morgan fingerprint density at radius 1 is 0.676 bits per heavy atom. The summed E-state index contributed by atoms with van der Waals surface area (Å²) in [6.45, 7) is 4.61. The van der Waals surface area contributed by atoms with E-state index in [2.05, 4.69) is 13.8 Å². The third kappa shape index (κ3) is 8.74. The summed E-state index contributed by atoms with van der Waals surface area (Å²) in [4.78, 5) is 12.2. The fourth-order valence-corrected chi connectivity index (χ4v) is 7.66. The van der Waals surface area contributed by atoms with Crippen LogP contribution in [0.15, 0.2) is 0 Å². The maximum absolute atomic E-state index is 12.2. The highest BCUT2D eigenvalue weighted by molar-refractivity contribution is 5.60. The second-order valence-corrected chi connectivity index (χ2v) is 12.4. The van der Waals surface area contributed by atoms with Crippen LogP contribution in [-0.2, 0) is 9.47 Å². The molecule has 3 rings (SSSR count). The number of unbranched alkanes of at least 4 members (excludes halogenated alkanes) is 3. The lowest BCUT2D eigenvalue weighted by Gasteiger charge is -2.43. The van der Waals surface area contributed by atoms with E-state index in [0.29, 0.717) is 0 Å². The zero-order chi connectivity index (χ0) is 24.2. The molecule has 0 spiro atoms. The minimum Gasteiger partial charge on any atom is -0.438 e. The van der Waals surface area contributed by atoms with E-state index in [1.807, 2.05) is 0 Å². The van der Waals surface area contributed by atoms with E-state index < -0.39 is 6.16 Å². The molecule has 3 nitrogen and oxygen atoms in total. The second kappa shape index (κ2) is 14.7. The highest BCUT2D eigenvalue weighted by atomic mass is 16.7. The molecule has 34 heavy (non-hydrogen) atoms. The lowest BCUT2D eigenvalue weighted by atomic mass is 9.66. The van der Waals surface area contributed by atoms with Crippen molar-refractivity contribution in [2.45, 2.75) is 154 Å². The van der Waals surface area contributed by atoms with E-state index in [0.717, 1.165) is 48.9 Å². The highest BCUT2D eigenvalue weighted by Gasteiger charge is 2.42. The molecule has 3 aliphatic carbocycles. The summed E-state index contributed by atoms with van der Waals surface area (Å²) in [5.74, 6) is 4.55. The Labute approximate surface area is 211 Å². The third-order valence-electron chi connectivity index (χ3n) is 10.1. The number of hydrogen-bond donors (Lipinski definition) is 0. The van der Waals surface area contributed by atoms with Crippen LogP contribution in [0.4, 0.5) is 4.79 Å². The molecule has 3 saturated carbocycles. The molecule has 3 aliphatic rings. The maximum atomic E-state index is 12.2. The molecule has 0 N–H and O–H groups in total. The predicted octanol–water partition coefficient (Wildman–Crippen LogP) is 9.86. The Kier molecular flexibility index (Phi) is 12.1. The lowest BCUT2D eigenvalue weighted by molar-refractivity contribution is -0.0701. The van der Waals surface area contributed by atoms with Gasteiger partial charge in [-0.1, -0.05) is 97.3 Å². The first-order chi connectivity index (χ1) is 16.6. The maximum Gasteiger partial charge on any atom is 0.508 e. The smallest absolute Gasteiger partial charge is 0.438 e. The van der Waals surface area contributed by atoms with Crippen LogP contribution < -0.4 is 0 Å². The van der Waals surface area contributed by atoms with Crippen molar-refractivity contribution >= 4 is 6.16 Å². The summed E-state index contributed by atoms with van der Waals surface area (Å²) < 4.78 is 11.0. The Balaban J connectivity index is 1.43. The zero-order valence-electron chi connectivity index (χ0n) is 23.0. The first-order valence-corrected chi connectivity index (χ1v) is 15.3. The summed E-state index contributed by atoms with van der Waals surface area (Å²) in [6.07, 6.45) is 27.6. The molecule has 3 heteroatoms. The largest absolute Gasteiger partial charge is 0.508 e. The number of hydrogen-bond acceptors (Lipinski definition) is 3. The molecule has 0 aromatic carbocycles. The van der Waals surface area contributed by atoms with Gasteiger partial charge in [0.25, 0.3) is 0 Å². The molecule has 0 radical (unpaired) electrons. The summed E-state index contributed by atoms with van der Waals surface area (Å²) in [5.41, 5.74) is -0.264. The van der Waals surface area contributed by atoms with Gasteiger partial charge in [-0.2, -0.15) is 0 Å². The summed E-state index contributed by atoms with van der Waals surface area (Å²) in [5, 5.41) is 0. The van der Waals surface area contributed by atoms with E-state index in [1.165, 1.54) is 123 Å². The number of methoxy groups -OCH3 is 1. The van der Waals surface area contributed by atoms with Gasteiger partial charge in [0.05, 0.1) is 7.11 Å². The van der Waals surface area contributed by atoms with Crippen LogP contribution in [-0.4, -0.2) is 18.9 Å². The van der Waals surface area contributed by atoms with Crippen molar-refractivity contribution in [1.82, 2.24) is 0 Å². The van der Waals surface area contributed by atoms with Crippen LogP contribution in [0.3, 0.4) is 0 Å². The van der Waals surface area contributed by atoms with Crippen molar-refractivity contribution in [2.24, 2.45) is 29.6 Å². The van der Waals surface area contributed by atoms with Crippen molar-refractivity contribution in [3.63, 3.8) is 0 Å². The third-order valence-corrected chi connectivity index (χ3v) is 10.1. The Morgan fingerprint density at radius 2 is 1.18 bits per heavy atom. The standard InChI is InChI=1S/C31H56O3/c1-4-6-8-10-26-15-17-28(18-16-26)29-20-23-31(24-21-29,34-30(32)33-3)22-19-27-13-11-25(12-14-27)9-7-5-2/h25-29H,4-24H2,1-3H3/t25-,26?,27-,28?,29?,31?. The van der Waals surface area contributed by atoms with Crippen LogP contribution in [0.25, 0.3) is 0 Å². The minimum atomic E-state index is -0.464. The van der Waals surface area contributed by atoms with Crippen LogP contribution in [0.2, 0.25) is 0 Å². The minimum absolute atomic E-state index is 0.264. The van der Waals surface area contributed by atoms with Crippen molar-refractivity contribution in [2.75, 3.05) is 7.11 Å². The van der Waals surface area contributed by atoms with Gasteiger partial charge in [0.15, 0.2) is 0 Å². The van der Waals surface area contributed by atoms with E-state index in [-0.39, 0.29) is 5.60 Å². The molecule has 3 fully saturated rings. The van der Waals surface area contributed by atoms with Gasteiger partial charge in [0.1, 0.15) is 5.60 Å². The predicted molar refractivity (Wildman–Crippen MR) is 142 cm³/mol. The topological polar surface area (TPSA) is 35.5 Å². The fourth-order valence-electron chi connectivity index (χ4n) is 7.66. The van der Waals surface area contributed by atoms with Crippen LogP contribution >= 0.6 is 0 Å². The van der Waals surface area contributed by atoms with Crippen LogP contribution in [0, 0.1) is 29.6 Å². The van der Waals surface area contributed by atoms with E-state index in [1.54, 1.807) is 0 Å². The van der Waals surface area contributed by atoms with Crippen LogP contribution in [0.5, 0.6) is 0 Å². The molecule has 0 bridgehead atoms.